The van der Waals surface area contributed by atoms with Crippen molar-refractivity contribution in [3.63, 3.8) is 0 Å². The van der Waals surface area contributed by atoms with E-state index < -0.39 is 0 Å². The van der Waals surface area contributed by atoms with Crippen molar-refractivity contribution in [2.45, 2.75) is 38.9 Å². The molecule has 0 saturated carbocycles. The minimum atomic E-state index is -0.383. The number of hydrogen-bond acceptors (Lipinski definition) is 3. The van der Waals surface area contributed by atoms with Crippen LogP contribution in [0.5, 0.6) is 0 Å². The normalized spacial score (nSPS) is 20.6. The highest BCUT2D eigenvalue weighted by atomic mass is 35.5. The zero-order valence-corrected chi connectivity index (χ0v) is 12.9. The number of aromatic nitrogens is 1. The molecular formula is C15H17BClNO2. The topological polar surface area (TPSA) is 31.4 Å². The molecule has 1 aliphatic rings. The maximum Gasteiger partial charge on any atom is 0.495 e. The van der Waals surface area contributed by atoms with Gasteiger partial charge >= 0.3 is 7.12 Å². The highest BCUT2D eigenvalue weighted by Gasteiger charge is 2.52. The third-order valence-corrected chi connectivity index (χ3v) is 4.48. The van der Waals surface area contributed by atoms with Crippen LogP contribution in [0.3, 0.4) is 0 Å². The highest BCUT2D eigenvalue weighted by Crippen LogP contribution is 2.36. The standard InChI is InChI=1S/C15H17BClNO2/c1-14(2)15(3,4)20-16(19-14)12-7-8-18-13-9-10(17)5-6-11(12)13/h5-9H,1-4H3. The lowest BCUT2D eigenvalue weighted by molar-refractivity contribution is 0.00578. The first-order valence-electron chi connectivity index (χ1n) is 6.70. The average molecular weight is 290 g/mol. The lowest BCUT2D eigenvalue weighted by Crippen LogP contribution is -2.41. The minimum Gasteiger partial charge on any atom is -0.399 e. The Kier molecular flexibility index (Phi) is 3.09. The predicted octanol–water partition coefficient (Wildman–Crippen LogP) is 3.19. The maximum absolute atomic E-state index is 6.11. The maximum atomic E-state index is 6.11. The van der Waals surface area contributed by atoms with Crippen LogP contribution in [0.25, 0.3) is 10.9 Å². The molecule has 1 aliphatic heterocycles. The molecule has 5 heteroatoms. The zero-order valence-electron chi connectivity index (χ0n) is 12.1. The van der Waals surface area contributed by atoms with Crippen LogP contribution < -0.4 is 5.46 Å². The number of nitrogens with zero attached hydrogens (tertiary/aromatic N) is 1. The van der Waals surface area contributed by atoms with Gasteiger partial charge in [-0.05, 0) is 51.4 Å². The summed E-state index contributed by atoms with van der Waals surface area (Å²) in [5.74, 6) is 0. The Bertz CT molecular complexity index is 656. The van der Waals surface area contributed by atoms with Gasteiger partial charge in [0.2, 0.25) is 0 Å². The van der Waals surface area contributed by atoms with Crippen LogP contribution in [0.2, 0.25) is 5.02 Å². The van der Waals surface area contributed by atoms with Crippen molar-refractivity contribution in [2.24, 2.45) is 0 Å². The molecule has 1 saturated heterocycles. The summed E-state index contributed by atoms with van der Waals surface area (Å²) in [7, 11) is -0.383. The monoisotopic (exact) mass is 289 g/mol. The van der Waals surface area contributed by atoms with Crippen LogP contribution >= 0.6 is 11.6 Å². The number of benzene rings is 1. The molecule has 0 atom stereocenters. The lowest BCUT2D eigenvalue weighted by Gasteiger charge is -2.32. The largest absolute Gasteiger partial charge is 0.495 e. The van der Waals surface area contributed by atoms with Gasteiger partial charge in [0.1, 0.15) is 0 Å². The fourth-order valence-electron chi connectivity index (χ4n) is 2.32. The van der Waals surface area contributed by atoms with Crippen molar-refractivity contribution in [2.75, 3.05) is 0 Å². The van der Waals surface area contributed by atoms with E-state index in [-0.39, 0.29) is 18.3 Å². The Hall–Kier alpha value is -1.10. The number of hydrogen-bond donors (Lipinski definition) is 0. The molecule has 2 aromatic rings. The molecule has 0 aliphatic carbocycles. The van der Waals surface area contributed by atoms with Gasteiger partial charge < -0.3 is 9.31 Å². The third-order valence-electron chi connectivity index (χ3n) is 4.25. The minimum absolute atomic E-state index is 0.348. The van der Waals surface area contributed by atoms with Crippen LogP contribution in [-0.2, 0) is 9.31 Å². The van der Waals surface area contributed by atoms with Gasteiger partial charge in [0, 0.05) is 16.6 Å². The van der Waals surface area contributed by atoms with Gasteiger partial charge in [-0.1, -0.05) is 17.7 Å². The van der Waals surface area contributed by atoms with Crippen molar-refractivity contribution in [1.82, 2.24) is 4.98 Å². The molecule has 0 N–H and O–H groups in total. The van der Waals surface area contributed by atoms with Gasteiger partial charge in [-0.25, -0.2) is 0 Å². The molecule has 104 valence electrons. The van der Waals surface area contributed by atoms with Gasteiger partial charge in [0.15, 0.2) is 0 Å². The molecule has 0 bridgehead atoms. The zero-order chi connectivity index (χ0) is 14.5. The van der Waals surface area contributed by atoms with Crippen molar-refractivity contribution in [1.29, 1.82) is 0 Å². The van der Waals surface area contributed by atoms with E-state index in [4.69, 9.17) is 20.9 Å². The summed E-state index contributed by atoms with van der Waals surface area (Å²) in [6.07, 6.45) is 1.76. The smallest absolute Gasteiger partial charge is 0.399 e. The number of rotatable bonds is 1. The van der Waals surface area contributed by atoms with Crippen molar-refractivity contribution < 1.29 is 9.31 Å². The van der Waals surface area contributed by atoms with E-state index in [2.05, 4.69) is 4.98 Å². The number of fused-ring (bicyclic) bond motifs is 1. The van der Waals surface area contributed by atoms with Crippen LogP contribution in [0.4, 0.5) is 0 Å². The summed E-state index contributed by atoms with van der Waals surface area (Å²) in [5.41, 5.74) is 1.15. The fraction of sp³-hybridized carbons (Fsp3) is 0.400. The molecule has 0 unspecified atom stereocenters. The summed E-state index contributed by atoms with van der Waals surface area (Å²) in [6, 6.07) is 7.62. The quantitative estimate of drug-likeness (QED) is 0.756. The lowest BCUT2D eigenvalue weighted by atomic mass is 9.77. The first-order valence-corrected chi connectivity index (χ1v) is 7.08. The molecule has 2 heterocycles. The molecule has 0 radical (unpaired) electrons. The Balaban J connectivity index is 2.08. The van der Waals surface area contributed by atoms with Crippen molar-refractivity contribution >= 4 is 35.1 Å². The van der Waals surface area contributed by atoms with Crippen molar-refractivity contribution in [3.05, 3.63) is 35.5 Å². The number of pyridine rings is 1. The average Bonchev–Trinajstić information content (AvgIpc) is 2.57. The van der Waals surface area contributed by atoms with E-state index in [1.54, 1.807) is 6.20 Å². The molecule has 0 spiro atoms. The summed E-state index contributed by atoms with van der Waals surface area (Å²) >= 11 is 6.02. The van der Waals surface area contributed by atoms with Gasteiger partial charge in [-0.2, -0.15) is 0 Å². The number of halogens is 1. The van der Waals surface area contributed by atoms with Crippen LogP contribution in [-0.4, -0.2) is 23.3 Å². The molecule has 3 rings (SSSR count). The van der Waals surface area contributed by atoms with Crippen LogP contribution in [0.15, 0.2) is 30.5 Å². The first-order chi connectivity index (χ1) is 9.30. The molecule has 20 heavy (non-hydrogen) atoms. The summed E-state index contributed by atoms with van der Waals surface area (Å²) in [5, 5.41) is 1.69. The Morgan fingerprint density at radius 2 is 1.70 bits per heavy atom. The molecule has 1 aromatic carbocycles. The fourth-order valence-corrected chi connectivity index (χ4v) is 2.49. The SMILES string of the molecule is CC1(C)OB(c2ccnc3cc(Cl)ccc23)OC1(C)C. The van der Waals surface area contributed by atoms with Crippen LogP contribution in [0, 0.1) is 0 Å². The van der Waals surface area contributed by atoms with E-state index in [0.29, 0.717) is 5.02 Å². The predicted molar refractivity (Wildman–Crippen MR) is 82.5 cm³/mol. The molecular weight excluding hydrogens is 272 g/mol. The van der Waals surface area contributed by atoms with E-state index in [1.807, 2.05) is 52.0 Å². The second-order valence-electron chi connectivity index (χ2n) is 6.15. The molecule has 0 amide bonds. The van der Waals surface area contributed by atoms with Gasteiger partial charge in [-0.3, -0.25) is 4.98 Å². The van der Waals surface area contributed by atoms with E-state index in [0.717, 1.165) is 16.4 Å². The molecule has 1 fully saturated rings. The Morgan fingerprint density at radius 3 is 2.35 bits per heavy atom. The summed E-state index contributed by atoms with van der Waals surface area (Å²) < 4.78 is 12.2. The second kappa shape index (κ2) is 4.45. The van der Waals surface area contributed by atoms with E-state index >= 15 is 0 Å². The molecule has 1 aromatic heterocycles. The third kappa shape index (κ3) is 2.12. The van der Waals surface area contributed by atoms with E-state index in [1.165, 1.54) is 0 Å². The van der Waals surface area contributed by atoms with Crippen molar-refractivity contribution in [3.8, 4) is 0 Å². The summed E-state index contributed by atoms with van der Waals surface area (Å²) in [6.45, 7) is 8.20. The Morgan fingerprint density at radius 1 is 1.05 bits per heavy atom. The van der Waals surface area contributed by atoms with Gasteiger partial charge in [-0.15, -0.1) is 0 Å². The molecule has 3 nitrogen and oxygen atoms in total. The van der Waals surface area contributed by atoms with Crippen LogP contribution in [0.1, 0.15) is 27.7 Å². The first kappa shape index (κ1) is 13.9. The second-order valence-corrected chi connectivity index (χ2v) is 6.59. The van der Waals surface area contributed by atoms with E-state index in [9.17, 15) is 0 Å². The Labute approximate surface area is 124 Å². The highest BCUT2D eigenvalue weighted by molar-refractivity contribution is 6.65. The van der Waals surface area contributed by atoms with Gasteiger partial charge in [0.05, 0.1) is 16.7 Å². The van der Waals surface area contributed by atoms with Gasteiger partial charge in [0.25, 0.3) is 0 Å². The summed E-state index contributed by atoms with van der Waals surface area (Å²) in [4.78, 5) is 4.35.